The highest BCUT2D eigenvalue weighted by Crippen LogP contribution is 2.15. The molecule has 7 heteroatoms. The minimum atomic E-state index is -1.12. The maximum atomic E-state index is 11.5. The number of amides is 2. The van der Waals surface area contributed by atoms with Crippen molar-refractivity contribution < 1.29 is 19.5 Å². The van der Waals surface area contributed by atoms with Crippen molar-refractivity contribution in [1.82, 2.24) is 15.3 Å². The minimum Gasteiger partial charge on any atom is -0.479 e. The number of nitrogens with one attached hydrogen (secondary N) is 1. The van der Waals surface area contributed by atoms with Crippen LogP contribution < -0.4 is 5.48 Å². The highest BCUT2D eigenvalue weighted by atomic mass is 16.7. The van der Waals surface area contributed by atoms with Gasteiger partial charge in [-0.15, -0.1) is 0 Å². The summed E-state index contributed by atoms with van der Waals surface area (Å²) in [5.74, 6) is -1.12. The molecule has 1 aliphatic heterocycles. The van der Waals surface area contributed by atoms with Crippen LogP contribution in [0.2, 0.25) is 0 Å². The molecule has 0 aromatic heterocycles. The van der Waals surface area contributed by atoms with Crippen LogP contribution in [0, 0.1) is 0 Å². The first-order valence-corrected chi connectivity index (χ1v) is 5.55. The van der Waals surface area contributed by atoms with Crippen LogP contribution in [0.3, 0.4) is 0 Å². The second-order valence-electron chi connectivity index (χ2n) is 4.25. The van der Waals surface area contributed by atoms with E-state index in [2.05, 4.69) is 15.2 Å². The number of carbonyl (C=O) groups is 2. The van der Waals surface area contributed by atoms with Crippen molar-refractivity contribution >= 4 is 12.0 Å². The lowest BCUT2D eigenvalue weighted by molar-refractivity contribution is -0.144. The number of hydrogen-bond donors (Lipinski definition) is 2. The maximum Gasteiger partial charge on any atom is 0.341 e. The normalized spacial score (nSPS) is 20.2. The van der Waals surface area contributed by atoms with Gasteiger partial charge in [-0.1, -0.05) is 0 Å². The average Bonchev–Trinajstić information content (AvgIpc) is 2.63. The van der Waals surface area contributed by atoms with Gasteiger partial charge >= 0.3 is 12.0 Å². The van der Waals surface area contributed by atoms with Gasteiger partial charge in [0.25, 0.3) is 0 Å². The molecule has 1 atom stereocenters. The second kappa shape index (κ2) is 6.41. The Morgan fingerprint density at radius 1 is 1.59 bits per heavy atom. The number of carbonyl (C=O) groups excluding carboxylic acids is 1. The van der Waals surface area contributed by atoms with E-state index in [1.807, 2.05) is 7.05 Å². The van der Waals surface area contributed by atoms with E-state index in [4.69, 9.17) is 5.11 Å². The molecule has 0 aliphatic carbocycles. The molecule has 2 amide bonds. The number of hydroxylamine groups is 1. The molecule has 17 heavy (non-hydrogen) atoms. The predicted molar refractivity (Wildman–Crippen MR) is 60.4 cm³/mol. The van der Waals surface area contributed by atoms with Crippen molar-refractivity contribution in [3.05, 3.63) is 0 Å². The molecular formula is C10H19N3O4. The number of rotatable bonds is 5. The van der Waals surface area contributed by atoms with Crippen LogP contribution >= 0.6 is 0 Å². The molecule has 98 valence electrons. The summed E-state index contributed by atoms with van der Waals surface area (Å²) in [6, 6.07) is -0.0585. The number of likely N-dealkylation sites (tertiary alicyclic amines) is 1. The van der Waals surface area contributed by atoms with Crippen molar-refractivity contribution in [3.63, 3.8) is 0 Å². The largest absolute Gasteiger partial charge is 0.479 e. The first-order valence-electron chi connectivity index (χ1n) is 5.55. The van der Waals surface area contributed by atoms with Crippen molar-refractivity contribution in [2.45, 2.75) is 18.9 Å². The summed E-state index contributed by atoms with van der Waals surface area (Å²) >= 11 is 0. The van der Waals surface area contributed by atoms with Crippen LogP contribution in [0.1, 0.15) is 12.8 Å². The highest BCUT2D eigenvalue weighted by Gasteiger charge is 2.23. The van der Waals surface area contributed by atoms with E-state index in [9.17, 15) is 9.59 Å². The van der Waals surface area contributed by atoms with E-state index in [0.717, 1.165) is 19.4 Å². The van der Waals surface area contributed by atoms with E-state index in [1.165, 1.54) is 4.90 Å². The zero-order valence-electron chi connectivity index (χ0n) is 10.2. The topological polar surface area (TPSA) is 82.1 Å². The Balaban J connectivity index is 2.24. The fourth-order valence-electron chi connectivity index (χ4n) is 1.85. The maximum absolute atomic E-state index is 11.5. The summed E-state index contributed by atoms with van der Waals surface area (Å²) in [4.78, 5) is 29.9. The number of likely N-dealkylation sites (N-methyl/N-ethyl adjacent to an activating group) is 2. The third kappa shape index (κ3) is 4.58. The quantitative estimate of drug-likeness (QED) is 0.652. The molecule has 1 rings (SSSR count). The van der Waals surface area contributed by atoms with Crippen LogP contribution in [0.4, 0.5) is 4.79 Å². The molecule has 2 N–H and O–H groups in total. The Morgan fingerprint density at radius 2 is 2.29 bits per heavy atom. The van der Waals surface area contributed by atoms with Crippen molar-refractivity contribution in [2.75, 3.05) is 33.8 Å². The van der Waals surface area contributed by atoms with Crippen molar-refractivity contribution in [2.24, 2.45) is 0 Å². The highest BCUT2D eigenvalue weighted by molar-refractivity contribution is 5.73. The molecule has 1 heterocycles. The lowest BCUT2D eigenvalue weighted by Crippen LogP contribution is -2.44. The number of nitrogens with zero attached hydrogens (tertiary/aromatic N) is 2. The van der Waals surface area contributed by atoms with E-state index < -0.39 is 18.6 Å². The molecule has 1 unspecified atom stereocenters. The Morgan fingerprint density at radius 3 is 2.82 bits per heavy atom. The zero-order chi connectivity index (χ0) is 12.8. The van der Waals surface area contributed by atoms with Crippen LogP contribution in [-0.2, 0) is 9.63 Å². The Bertz CT molecular complexity index is 285. The molecule has 1 fully saturated rings. The smallest absolute Gasteiger partial charge is 0.341 e. The first-order chi connectivity index (χ1) is 8.00. The second-order valence-corrected chi connectivity index (χ2v) is 4.25. The Kier molecular flexibility index (Phi) is 5.17. The monoisotopic (exact) mass is 245 g/mol. The summed E-state index contributed by atoms with van der Waals surface area (Å²) in [5, 5.41) is 8.33. The Labute approximate surface area is 100 Å². The van der Waals surface area contributed by atoms with E-state index >= 15 is 0 Å². The zero-order valence-corrected chi connectivity index (χ0v) is 10.2. The average molecular weight is 245 g/mol. The fourth-order valence-corrected chi connectivity index (χ4v) is 1.85. The number of hydrogen-bond acceptors (Lipinski definition) is 4. The first kappa shape index (κ1) is 13.7. The fraction of sp³-hybridized carbons (Fsp3) is 0.800. The third-order valence-electron chi connectivity index (χ3n) is 2.86. The number of urea groups is 1. The molecule has 0 radical (unpaired) electrons. The standard InChI is InChI=1S/C10H19N3O4/c1-12-5-3-4-8(12)6-13(2)10(16)11-17-7-9(14)15/h8H,3-7H2,1-2H3,(H,11,16)(H,14,15). The van der Waals surface area contributed by atoms with E-state index in [-0.39, 0.29) is 0 Å². The molecule has 0 aromatic carbocycles. The molecular weight excluding hydrogens is 226 g/mol. The molecule has 1 saturated heterocycles. The van der Waals surface area contributed by atoms with Gasteiger partial charge in [0.1, 0.15) is 0 Å². The van der Waals surface area contributed by atoms with Gasteiger partial charge in [0.15, 0.2) is 6.61 Å². The van der Waals surface area contributed by atoms with Gasteiger partial charge < -0.3 is 14.9 Å². The van der Waals surface area contributed by atoms with Gasteiger partial charge in [0.05, 0.1) is 0 Å². The van der Waals surface area contributed by atoms with Gasteiger partial charge in [0.2, 0.25) is 0 Å². The number of carboxylic acids is 1. The molecule has 0 bridgehead atoms. The molecule has 1 aliphatic rings. The molecule has 7 nitrogen and oxygen atoms in total. The van der Waals surface area contributed by atoms with Crippen LogP contribution in [0.25, 0.3) is 0 Å². The van der Waals surface area contributed by atoms with Gasteiger partial charge in [-0.2, -0.15) is 0 Å². The summed E-state index contributed by atoms with van der Waals surface area (Å²) in [7, 11) is 3.69. The summed E-state index contributed by atoms with van der Waals surface area (Å²) in [6.45, 7) is 1.12. The number of carboxylic acid groups (broad SMARTS) is 1. The minimum absolute atomic E-state index is 0.366. The van der Waals surface area contributed by atoms with Gasteiger partial charge in [-0.05, 0) is 26.4 Å². The SMILES string of the molecule is CN(CC1CCCN1C)C(=O)NOCC(=O)O. The lowest BCUT2D eigenvalue weighted by atomic mass is 10.2. The molecule has 0 aromatic rings. The summed E-state index contributed by atoms with van der Waals surface area (Å²) in [5.41, 5.74) is 2.09. The predicted octanol–water partition coefficient (Wildman–Crippen LogP) is -0.262. The van der Waals surface area contributed by atoms with Crippen molar-refractivity contribution in [1.29, 1.82) is 0 Å². The molecule has 0 saturated carbocycles. The van der Waals surface area contributed by atoms with Gasteiger partial charge in [-0.3, -0.25) is 4.84 Å². The van der Waals surface area contributed by atoms with Crippen molar-refractivity contribution in [3.8, 4) is 0 Å². The Hall–Kier alpha value is -1.34. The van der Waals surface area contributed by atoms with E-state index in [0.29, 0.717) is 12.6 Å². The van der Waals surface area contributed by atoms with Gasteiger partial charge in [0, 0.05) is 19.6 Å². The van der Waals surface area contributed by atoms with Crippen LogP contribution in [-0.4, -0.2) is 66.7 Å². The molecule has 0 spiro atoms. The summed E-state index contributed by atoms with van der Waals surface area (Å²) < 4.78 is 0. The van der Waals surface area contributed by atoms with E-state index in [1.54, 1.807) is 7.05 Å². The number of aliphatic carboxylic acids is 1. The third-order valence-corrected chi connectivity index (χ3v) is 2.86. The summed E-state index contributed by atoms with van der Waals surface area (Å²) in [6.07, 6.45) is 2.22. The van der Waals surface area contributed by atoms with Gasteiger partial charge in [-0.25, -0.2) is 15.1 Å². The lowest BCUT2D eigenvalue weighted by Gasteiger charge is -2.25. The van der Waals surface area contributed by atoms with Crippen LogP contribution in [0.5, 0.6) is 0 Å². The van der Waals surface area contributed by atoms with Crippen LogP contribution in [0.15, 0.2) is 0 Å².